The Morgan fingerprint density at radius 2 is 1.91 bits per heavy atom. The van der Waals surface area contributed by atoms with Crippen LogP contribution in [0, 0.1) is 11.3 Å². The van der Waals surface area contributed by atoms with E-state index in [1.807, 2.05) is 18.2 Å². The third-order valence-electron chi connectivity index (χ3n) is 5.21. The normalized spacial score (nSPS) is 14.4. The summed E-state index contributed by atoms with van der Waals surface area (Å²) < 4.78 is 39.7. The van der Waals surface area contributed by atoms with Gasteiger partial charge in [-0.15, -0.1) is 11.3 Å². The molecule has 0 fully saturated rings. The fourth-order valence-electron chi connectivity index (χ4n) is 3.63. The summed E-state index contributed by atoms with van der Waals surface area (Å²) in [6, 6.07) is 16.6. The molecule has 4 rings (SSSR count). The molecule has 5 nitrogen and oxygen atoms in total. The van der Waals surface area contributed by atoms with E-state index in [0.717, 1.165) is 42.2 Å². The third kappa shape index (κ3) is 5.48. The van der Waals surface area contributed by atoms with Crippen molar-refractivity contribution in [3.05, 3.63) is 87.4 Å². The van der Waals surface area contributed by atoms with Gasteiger partial charge < -0.3 is 0 Å². The van der Waals surface area contributed by atoms with Gasteiger partial charge in [-0.05, 0) is 29.7 Å². The zero-order chi connectivity index (χ0) is 23.4. The van der Waals surface area contributed by atoms with Gasteiger partial charge in [-0.3, -0.25) is 15.0 Å². The second-order valence-electron chi connectivity index (χ2n) is 7.54. The van der Waals surface area contributed by atoms with Gasteiger partial charge in [0.05, 0.1) is 11.3 Å². The number of hydrogen-bond donors (Lipinski definition) is 1. The molecule has 2 heterocycles. The number of alkyl halides is 3. The fraction of sp³-hybridized carbons (Fsp3) is 0.208. The molecule has 3 aromatic rings. The standard InChI is InChI=1S/C24H19F3N4OS/c25-24(26,27)19-9-5-4-8-17(19)12-18(13-28)22(32)30-23-29-20-15-31(11-10-21(20)33-23)14-16-6-2-1-3-7-16/h1-9,12H,10-11,14-15H2,(H,29,30,32)/b18-12+. The first-order chi connectivity index (χ1) is 15.8. The first kappa shape index (κ1) is 22.7. The molecular formula is C24H19F3N4OS. The average Bonchev–Trinajstić information content (AvgIpc) is 3.19. The van der Waals surface area contributed by atoms with Crippen molar-refractivity contribution in [3.63, 3.8) is 0 Å². The summed E-state index contributed by atoms with van der Waals surface area (Å²) in [5, 5.41) is 12.3. The molecule has 0 saturated heterocycles. The van der Waals surface area contributed by atoms with Gasteiger partial charge in [0.15, 0.2) is 5.13 Å². The first-order valence-electron chi connectivity index (χ1n) is 10.2. The minimum Gasteiger partial charge on any atom is -0.297 e. The maximum Gasteiger partial charge on any atom is 0.416 e. The molecule has 1 aliphatic rings. The van der Waals surface area contributed by atoms with Crippen molar-refractivity contribution >= 4 is 28.5 Å². The quantitative estimate of drug-likeness (QED) is 0.409. The Kier molecular flexibility index (Phi) is 6.58. The zero-order valence-electron chi connectivity index (χ0n) is 17.4. The molecule has 1 aliphatic heterocycles. The van der Waals surface area contributed by atoms with Crippen LogP contribution in [0.15, 0.2) is 60.2 Å². The summed E-state index contributed by atoms with van der Waals surface area (Å²) in [6.45, 7) is 2.28. The van der Waals surface area contributed by atoms with Crippen LogP contribution in [0.4, 0.5) is 18.3 Å². The molecule has 33 heavy (non-hydrogen) atoms. The molecule has 0 aliphatic carbocycles. The number of benzene rings is 2. The van der Waals surface area contributed by atoms with Gasteiger partial charge in [0.25, 0.3) is 5.91 Å². The predicted molar refractivity (Wildman–Crippen MR) is 120 cm³/mol. The summed E-state index contributed by atoms with van der Waals surface area (Å²) >= 11 is 1.33. The van der Waals surface area contributed by atoms with Crippen molar-refractivity contribution in [2.24, 2.45) is 0 Å². The van der Waals surface area contributed by atoms with Crippen molar-refractivity contribution < 1.29 is 18.0 Å². The second-order valence-corrected chi connectivity index (χ2v) is 8.63. The Balaban J connectivity index is 1.47. The number of amides is 1. The van der Waals surface area contributed by atoms with Gasteiger partial charge in [0.1, 0.15) is 11.6 Å². The molecule has 1 aromatic heterocycles. The molecule has 1 N–H and O–H groups in total. The Hall–Kier alpha value is -3.48. The molecule has 0 spiro atoms. The van der Waals surface area contributed by atoms with Crippen molar-refractivity contribution in [1.29, 1.82) is 5.26 Å². The number of thiazole rings is 1. The van der Waals surface area contributed by atoms with Gasteiger partial charge in [-0.1, -0.05) is 48.5 Å². The number of carbonyl (C=O) groups is 1. The van der Waals surface area contributed by atoms with Gasteiger partial charge in [-0.25, -0.2) is 4.98 Å². The second kappa shape index (κ2) is 9.57. The van der Waals surface area contributed by atoms with Gasteiger partial charge in [0.2, 0.25) is 0 Å². The maximum atomic E-state index is 13.2. The zero-order valence-corrected chi connectivity index (χ0v) is 18.2. The number of anilines is 1. The highest BCUT2D eigenvalue weighted by atomic mass is 32.1. The van der Waals surface area contributed by atoms with Crippen LogP contribution in [-0.4, -0.2) is 22.3 Å². The lowest BCUT2D eigenvalue weighted by atomic mass is 10.0. The van der Waals surface area contributed by atoms with Crippen molar-refractivity contribution in [1.82, 2.24) is 9.88 Å². The molecule has 2 aromatic carbocycles. The van der Waals surface area contributed by atoms with E-state index in [9.17, 15) is 23.2 Å². The van der Waals surface area contributed by atoms with E-state index in [-0.39, 0.29) is 5.56 Å². The SMILES string of the molecule is N#C/C(=C\c1ccccc1C(F)(F)F)C(=O)Nc1nc2c(s1)CCN(Cc1ccccc1)C2. The van der Waals surface area contributed by atoms with E-state index in [1.54, 1.807) is 6.07 Å². The third-order valence-corrected chi connectivity index (χ3v) is 6.28. The molecule has 0 saturated carbocycles. The van der Waals surface area contributed by atoms with Crippen LogP contribution in [-0.2, 0) is 30.5 Å². The summed E-state index contributed by atoms with van der Waals surface area (Å²) in [5.41, 5.74) is 0.487. The molecular weight excluding hydrogens is 449 g/mol. The largest absolute Gasteiger partial charge is 0.416 e. The fourth-order valence-corrected chi connectivity index (χ4v) is 4.59. The number of halogens is 3. The number of aromatic nitrogens is 1. The van der Waals surface area contributed by atoms with E-state index in [1.165, 1.54) is 35.1 Å². The molecule has 9 heteroatoms. The maximum absolute atomic E-state index is 13.2. The summed E-state index contributed by atoms with van der Waals surface area (Å²) in [6.07, 6.45) is -2.85. The highest BCUT2D eigenvalue weighted by Gasteiger charge is 2.32. The smallest absolute Gasteiger partial charge is 0.297 e. The minimum absolute atomic E-state index is 0.244. The van der Waals surface area contributed by atoms with Crippen LogP contribution in [0.1, 0.15) is 27.3 Å². The Morgan fingerprint density at radius 1 is 1.18 bits per heavy atom. The highest BCUT2D eigenvalue weighted by molar-refractivity contribution is 7.15. The predicted octanol–water partition coefficient (Wildman–Crippen LogP) is 5.27. The average molecular weight is 469 g/mol. The lowest BCUT2D eigenvalue weighted by Gasteiger charge is -2.25. The van der Waals surface area contributed by atoms with E-state index in [0.29, 0.717) is 11.7 Å². The summed E-state index contributed by atoms with van der Waals surface area (Å²) in [5.74, 6) is -0.790. The lowest BCUT2D eigenvalue weighted by Crippen LogP contribution is -2.29. The van der Waals surface area contributed by atoms with Crippen LogP contribution >= 0.6 is 11.3 Å². The van der Waals surface area contributed by atoms with Crippen LogP contribution in [0.25, 0.3) is 6.08 Å². The van der Waals surface area contributed by atoms with Crippen LogP contribution in [0.3, 0.4) is 0 Å². The number of fused-ring (bicyclic) bond motifs is 1. The van der Waals surface area contributed by atoms with Crippen molar-refractivity contribution in [3.8, 4) is 6.07 Å². The van der Waals surface area contributed by atoms with Gasteiger partial charge >= 0.3 is 6.18 Å². The van der Waals surface area contributed by atoms with Crippen molar-refractivity contribution in [2.45, 2.75) is 25.7 Å². The van der Waals surface area contributed by atoms with Crippen LogP contribution in [0.2, 0.25) is 0 Å². The highest BCUT2D eigenvalue weighted by Crippen LogP contribution is 2.33. The number of carbonyl (C=O) groups excluding carboxylic acids is 1. The topological polar surface area (TPSA) is 69.0 Å². The van der Waals surface area contributed by atoms with E-state index < -0.39 is 23.2 Å². The molecule has 1 amide bonds. The molecule has 0 unspecified atom stereocenters. The van der Waals surface area contributed by atoms with Crippen LogP contribution in [0.5, 0.6) is 0 Å². The first-order valence-corrected chi connectivity index (χ1v) is 11.0. The Labute approximate surface area is 192 Å². The minimum atomic E-state index is -4.59. The van der Waals surface area contributed by atoms with E-state index >= 15 is 0 Å². The molecule has 0 bridgehead atoms. The van der Waals surface area contributed by atoms with Crippen molar-refractivity contribution in [2.75, 3.05) is 11.9 Å². The number of nitriles is 1. The van der Waals surface area contributed by atoms with E-state index in [2.05, 4.69) is 27.3 Å². The monoisotopic (exact) mass is 468 g/mol. The Morgan fingerprint density at radius 3 is 2.64 bits per heavy atom. The molecule has 168 valence electrons. The molecule has 0 atom stereocenters. The Bertz CT molecular complexity index is 1230. The summed E-state index contributed by atoms with van der Waals surface area (Å²) in [4.78, 5) is 20.4. The number of nitrogens with zero attached hydrogens (tertiary/aromatic N) is 3. The van der Waals surface area contributed by atoms with Gasteiger partial charge in [0, 0.05) is 24.5 Å². The van der Waals surface area contributed by atoms with E-state index in [4.69, 9.17) is 0 Å². The number of hydrogen-bond acceptors (Lipinski definition) is 5. The van der Waals surface area contributed by atoms with Crippen LogP contribution < -0.4 is 5.32 Å². The van der Waals surface area contributed by atoms with Gasteiger partial charge in [-0.2, -0.15) is 18.4 Å². The summed E-state index contributed by atoms with van der Waals surface area (Å²) in [7, 11) is 0. The molecule has 0 radical (unpaired) electrons. The number of nitrogens with one attached hydrogen (secondary N) is 1. The lowest BCUT2D eigenvalue weighted by molar-refractivity contribution is -0.137. The number of rotatable bonds is 5.